The Labute approximate surface area is 271 Å². The van der Waals surface area contributed by atoms with Crippen molar-refractivity contribution >= 4 is 29.8 Å². The third kappa shape index (κ3) is 11.7. The Balaban J connectivity index is 2.60. The predicted octanol–water partition coefficient (Wildman–Crippen LogP) is 3.82. The number of benzene rings is 2. The summed E-state index contributed by atoms with van der Waals surface area (Å²) in [6.45, 7) is 13.3. The SMILES string of the molecule is CCN(C(=O)C(CCC(N)=O)NC(=O)OC(C)(C)C)C(C(=O)NC(Cc1ccccc1)C(=O)OC(C)(C)C)c1cccc(C)c1O. The molecule has 12 heteroatoms. The van der Waals surface area contributed by atoms with E-state index in [0.717, 1.165) is 5.56 Å². The van der Waals surface area contributed by atoms with Gasteiger partial charge in [-0.1, -0.05) is 48.5 Å². The maximum Gasteiger partial charge on any atom is 0.408 e. The summed E-state index contributed by atoms with van der Waals surface area (Å²) in [5.74, 6) is -3.10. The molecule has 0 fully saturated rings. The van der Waals surface area contributed by atoms with Gasteiger partial charge in [-0.15, -0.1) is 0 Å². The van der Waals surface area contributed by atoms with Gasteiger partial charge in [0.25, 0.3) is 0 Å². The number of aryl methyl sites for hydroxylation is 1. The van der Waals surface area contributed by atoms with E-state index in [1.807, 2.05) is 6.07 Å². The van der Waals surface area contributed by atoms with Crippen LogP contribution in [0.5, 0.6) is 5.75 Å². The number of nitrogens with two attached hydrogens (primary N) is 1. The van der Waals surface area contributed by atoms with Crippen molar-refractivity contribution in [2.24, 2.45) is 5.73 Å². The molecule has 2 aromatic rings. The van der Waals surface area contributed by atoms with E-state index in [1.165, 1.54) is 11.0 Å². The van der Waals surface area contributed by atoms with Crippen molar-refractivity contribution < 1.29 is 38.6 Å². The molecule has 0 saturated heterocycles. The van der Waals surface area contributed by atoms with Crippen molar-refractivity contribution in [1.82, 2.24) is 15.5 Å². The molecule has 12 nitrogen and oxygen atoms in total. The molecule has 0 aliphatic heterocycles. The van der Waals surface area contributed by atoms with E-state index in [9.17, 15) is 29.1 Å². The highest BCUT2D eigenvalue weighted by atomic mass is 16.6. The number of ether oxygens (including phenoxy) is 2. The molecule has 0 bridgehead atoms. The fourth-order valence-electron chi connectivity index (χ4n) is 4.68. The number of aromatic hydroxyl groups is 1. The number of primary amides is 1. The summed E-state index contributed by atoms with van der Waals surface area (Å²) in [5.41, 5.74) is 4.93. The quantitative estimate of drug-likeness (QED) is 0.239. The summed E-state index contributed by atoms with van der Waals surface area (Å²) >= 11 is 0. The van der Waals surface area contributed by atoms with Crippen LogP contribution in [0.3, 0.4) is 0 Å². The van der Waals surface area contributed by atoms with Gasteiger partial charge in [0.1, 0.15) is 35.1 Å². The van der Waals surface area contributed by atoms with Gasteiger partial charge in [-0.2, -0.15) is 0 Å². The van der Waals surface area contributed by atoms with Crippen LogP contribution in [-0.4, -0.2) is 69.6 Å². The zero-order valence-electron chi connectivity index (χ0n) is 28.0. The van der Waals surface area contributed by atoms with Gasteiger partial charge >= 0.3 is 12.1 Å². The molecule has 3 atom stereocenters. The number of phenolic OH excluding ortho intramolecular Hbond substituents is 1. The molecular formula is C34H48N4O8. The van der Waals surface area contributed by atoms with Gasteiger partial charge in [0.05, 0.1) is 0 Å². The highest BCUT2D eigenvalue weighted by Crippen LogP contribution is 2.32. The normalized spacial score (nSPS) is 13.5. The van der Waals surface area contributed by atoms with Crippen LogP contribution >= 0.6 is 0 Å². The summed E-state index contributed by atoms with van der Waals surface area (Å²) in [6.07, 6.45) is -1.23. The lowest BCUT2D eigenvalue weighted by molar-refractivity contribution is -0.159. The average Bonchev–Trinajstić information content (AvgIpc) is 2.93. The van der Waals surface area contributed by atoms with Crippen LogP contribution < -0.4 is 16.4 Å². The lowest BCUT2D eigenvalue weighted by Gasteiger charge is -2.35. The molecule has 0 aromatic heterocycles. The van der Waals surface area contributed by atoms with Crippen molar-refractivity contribution in [3.8, 4) is 5.75 Å². The first-order valence-electron chi connectivity index (χ1n) is 15.3. The Hall–Kier alpha value is -4.61. The van der Waals surface area contributed by atoms with Crippen molar-refractivity contribution in [3.05, 3.63) is 65.2 Å². The van der Waals surface area contributed by atoms with Gasteiger partial charge in [0.2, 0.25) is 17.7 Å². The van der Waals surface area contributed by atoms with Gasteiger partial charge in [0.15, 0.2) is 0 Å². The molecule has 2 rings (SSSR count). The molecule has 0 heterocycles. The zero-order valence-corrected chi connectivity index (χ0v) is 28.0. The molecule has 3 unspecified atom stereocenters. The molecular weight excluding hydrogens is 592 g/mol. The average molecular weight is 641 g/mol. The van der Waals surface area contributed by atoms with Crippen LogP contribution in [0.1, 0.15) is 84.0 Å². The number of phenols is 1. The number of hydrogen-bond acceptors (Lipinski definition) is 8. The number of rotatable bonds is 13. The van der Waals surface area contributed by atoms with Crippen molar-refractivity contribution in [3.63, 3.8) is 0 Å². The van der Waals surface area contributed by atoms with E-state index in [0.29, 0.717) is 5.56 Å². The van der Waals surface area contributed by atoms with Crippen LogP contribution in [0.25, 0.3) is 0 Å². The third-order valence-corrected chi connectivity index (χ3v) is 6.71. The number of nitrogens with one attached hydrogen (secondary N) is 2. The van der Waals surface area contributed by atoms with Crippen molar-refractivity contribution in [2.45, 2.75) is 104 Å². The van der Waals surface area contributed by atoms with Crippen LogP contribution in [0.4, 0.5) is 4.79 Å². The number of esters is 1. The molecule has 0 radical (unpaired) electrons. The number of amides is 4. The monoisotopic (exact) mass is 640 g/mol. The van der Waals surface area contributed by atoms with Gasteiger partial charge in [-0.3, -0.25) is 14.4 Å². The highest BCUT2D eigenvalue weighted by Gasteiger charge is 2.39. The maximum absolute atomic E-state index is 14.3. The number of alkyl carbamates (subject to hydrolysis) is 1. The van der Waals surface area contributed by atoms with Crippen LogP contribution in [0.2, 0.25) is 0 Å². The topological polar surface area (TPSA) is 177 Å². The van der Waals surface area contributed by atoms with Crippen LogP contribution in [0, 0.1) is 6.92 Å². The fraction of sp³-hybridized carbons (Fsp3) is 0.500. The molecule has 5 N–H and O–H groups in total. The summed E-state index contributed by atoms with van der Waals surface area (Å²) < 4.78 is 11.0. The second-order valence-electron chi connectivity index (χ2n) is 13.0. The molecule has 252 valence electrons. The highest BCUT2D eigenvalue weighted by molar-refractivity contribution is 5.94. The summed E-state index contributed by atoms with van der Waals surface area (Å²) in [6, 6.07) is 9.91. The van der Waals surface area contributed by atoms with E-state index in [1.54, 1.807) is 91.8 Å². The third-order valence-electron chi connectivity index (χ3n) is 6.71. The summed E-state index contributed by atoms with van der Waals surface area (Å²) in [7, 11) is 0. The molecule has 4 amide bonds. The van der Waals surface area contributed by atoms with E-state index in [-0.39, 0.29) is 37.1 Å². The Morgan fingerprint density at radius 2 is 1.48 bits per heavy atom. The van der Waals surface area contributed by atoms with Gasteiger partial charge in [-0.05, 0) is 72.9 Å². The number of nitrogens with zero attached hydrogens (tertiary/aromatic N) is 1. The minimum Gasteiger partial charge on any atom is -0.507 e. The molecule has 0 aliphatic rings. The Morgan fingerprint density at radius 3 is 2.02 bits per heavy atom. The number of carbonyl (C=O) groups excluding carboxylic acids is 5. The Bertz CT molecular complexity index is 1380. The first-order chi connectivity index (χ1) is 21.3. The second kappa shape index (κ2) is 16.1. The summed E-state index contributed by atoms with van der Waals surface area (Å²) in [5, 5.41) is 16.4. The number of para-hydroxylation sites is 1. The van der Waals surface area contributed by atoms with Crippen molar-refractivity contribution in [2.75, 3.05) is 6.54 Å². The first kappa shape index (κ1) is 37.6. The Morgan fingerprint density at radius 1 is 0.870 bits per heavy atom. The fourth-order valence-corrected chi connectivity index (χ4v) is 4.68. The zero-order chi connectivity index (χ0) is 34.8. The molecule has 0 saturated carbocycles. The largest absolute Gasteiger partial charge is 0.507 e. The molecule has 2 aromatic carbocycles. The predicted molar refractivity (Wildman–Crippen MR) is 172 cm³/mol. The number of hydrogen-bond donors (Lipinski definition) is 4. The molecule has 0 aliphatic carbocycles. The van der Waals surface area contributed by atoms with Crippen LogP contribution in [-0.2, 0) is 35.1 Å². The van der Waals surface area contributed by atoms with E-state index >= 15 is 0 Å². The maximum atomic E-state index is 14.3. The standard InChI is InChI=1S/C34H48N4O8/c1-9-38(30(42)24(18-19-26(35)39)37-32(44)46-34(6,7)8)27(23-17-13-14-21(2)28(23)40)29(41)36-25(31(43)45-33(3,4)5)20-22-15-11-10-12-16-22/h10-17,24-25,27,40H,9,18-20H2,1-8H3,(H2,35,39)(H,36,41)(H,37,44). The first-order valence-corrected chi connectivity index (χ1v) is 15.3. The Kier molecular flexibility index (Phi) is 13.2. The number of carbonyl (C=O) groups is 5. The van der Waals surface area contributed by atoms with Gasteiger partial charge in [-0.25, -0.2) is 9.59 Å². The smallest absolute Gasteiger partial charge is 0.408 e. The van der Waals surface area contributed by atoms with Gasteiger partial charge in [0, 0.05) is 24.9 Å². The van der Waals surface area contributed by atoms with Crippen molar-refractivity contribution in [1.29, 1.82) is 0 Å². The van der Waals surface area contributed by atoms with Crippen LogP contribution in [0.15, 0.2) is 48.5 Å². The van der Waals surface area contributed by atoms with E-state index < -0.39 is 59.1 Å². The molecule has 0 spiro atoms. The molecule has 46 heavy (non-hydrogen) atoms. The van der Waals surface area contributed by atoms with Gasteiger partial charge < -0.3 is 35.8 Å². The van der Waals surface area contributed by atoms with E-state index in [4.69, 9.17) is 15.2 Å². The summed E-state index contributed by atoms with van der Waals surface area (Å²) in [4.78, 5) is 67.4. The van der Waals surface area contributed by atoms with E-state index in [2.05, 4.69) is 10.6 Å². The second-order valence-corrected chi connectivity index (χ2v) is 13.0. The lowest BCUT2D eigenvalue weighted by atomic mass is 9.97. The minimum absolute atomic E-state index is 0.0524. The minimum atomic E-state index is -1.45. The lowest BCUT2D eigenvalue weighted by Crippen LogP contribution is -2.55. The number of likely N-dealkylation sites (N-methyl/N-ethyl adjacent to an activating group) is 1.